The molecule has 23 heavy (non-hydrogen) atoms. The third-order valence-electron chi connectivity index (χ3n) is 3.35. The lowest BCUT2D eigenvalue weighted by Gasteiger charge is -2.12. The molecule has 0 N–H and O–H groups in total. The number of para-hydroxylation sites is 1. The summed E-state index contributed by atoms with van der Waals surface area (Å²) in [6.07, 6.45) is 0. The molecule has 0 spiro atoms. The molecule has 3 rings (SSSR count). The van der Waals surface area contributed by atoms with Crippen molar-refractivity contribution < 1.29 is 24.1 Å². The van der Waals surface area contributed by atoms with Crippen LogP contribution in [0.1, 0.15) is 18.8 Å². The van der Waals surface area contributed by atoms with E-state index in [-0.39, 0.29) is 12.3 Å². The lowest BCUT2D eigenvalue weighted by molar-refractivity contribution is 0.0517. The number of hydrogen-bond acceptors (Lipinski definition) is 2. The first kappa shape index (κ1) is 13.9. The number of hydrogen-bond donors (Lipinski definition) is 0. The molecule has 2 aromatic carbocycles. The summed E-state index contributed by atoms with van der Waals surface area (Å²) in [6, 6.07) is 7.61. The number of carbonyl (C=O) groups is 1. The second-order valence-corrected chi connectivity index (χ2v) is 4.77. The maximum Gasteiger partial charge on any atom is 0.355 e. The highest BCUT2D eigenvalue weighted by Crippen LogP contribution is 2.28. The van der Waals surface area contributed by atoms with Gasteiger partial charge in [-0.1, -0.05) is 18.2 Å². The zero-order valence-corrected chi connectivity index (χ0v) is 12.1. The van der Waals surface area contributed by atoms with Crippen LogP contribution in [0.25, 0.3) is 16.6 Å². The Morgan fingerprint density at radius 3 is 2.74 bits per heavy atom. The smallest absolute Gasteiger partial charge is 0.355 e. The Hall–Kier alpha value is -2.76. The van der Waals surface area contributed by atoms with Crippen LogP contribution in [0.3, 0.4) is 0 Å². The summed E-state index contributed by atoms with van der Waals surface area (Å²) in [6.45, 7) is 1.71. The van der Waals surface area contributed by atoms with Gasteiger partial charge in [0.25, 0.3) is 0 Å². The Bertz CT molecular complexity index is 953. The highest BCUT2D eigenvalue weighted by atomic mass is 19.2. The third kappa shape index (κ3) is 2.56. The van der Waals surface area contributed by atoms with Crippen LogP contribution in [0, 0.1) is 17.5 Å². The van der Waals surface area contributed by atoms with Gasteiger partial charge in [-0.3, -0.25) is 0 Å². The highest BCUT2D eigenvalue weighted by Gasteiger charge is 2.22. The third-order valence-corrected chi connectivity index (χ3v) is 3.35. The number of benzene rings is 2. The van der Waals surface area contributed by atoms with E-state index in [9.17, 15) is 18.0 Å². The van der Waals surface area contributed by atoms with Gasteiger partial charge in [-0.15, -0.1) is 0 Å². The topological polar surface area (TPSA) is 31.2 Å². The molecule has 0 bridgehead atoms. The molecule has 0 saturated carbocycles. The van der Waals surface area contributed by atoms with Crippen molar-refractivity contribution in [2.45, 2.75) is 6.92 Å². The summed E-state index contributed by atoms with van der Waals surface area (Å²) in [5.41, 5.74) is -0.172. The summed E-state index contributed by atoms with van der Waals surface area (Å²) in [4.78, 5) is 12.2. The molecule has 6 heteroatoms. The van der Waals surface area contributed by atoms with Gasteiger partial charge in [-0.2, -0.15) is 0 Å². The lowest BCUT2D eigenvalue weighted by Crippen LogP contribution is -2.12. The minimum atomic E-state index is -1.61. The van der Waals surface area contributed by atoms with E-state index < -0.39 is 35.2 Å². The van der Waals surface area contributed by atoms with Gasteiger partial charge in [0.15, 0.2) is 11.6 Å². The van der Waals surface area contributed by atoms with Gasteiger partial charge in [0.2, 0.25) is 0 Å². The molecule has 0 atom stereocenters. The summed E-state index contributed by atoms with van der Waals surface area (Å²) >= 11 is 0. The number of carbonyl (C=O) groups excluding carboxylic acids is 1. The molecule has 0 radical (unpaired) electrons. The SMILES string of the molecule is [2H]c1c(F)cc(-n2c(C(=O)OCC)cc3ccccc32)c(F)c1F. The van der Waals surface area contributed by atoms with E-state index in [4.69, 9.17) is 6.11 Å². The Balaban J connectivity index is 2.37. The van der Waals surface area contributed by atoms with E-state index in [1.54, 1.807) is 31.2 Å². The maximum absolute atomic E-state index is 14.3. The standard InChI is InChI=1S/C17H12F3NO2/c1-2-23-17(22)15-7-10-5-3-4-6-13(10)21(15)14-9-11(18)8-12(19)16(14)20/h3-9H,2H2,1H3/i8D. The molecule has 0 aliphatic carbocycles. The van der Waals surface area contributed by atoms with Crippen molar-refractivity contribution >= 4 is 16.9 Å². The van der Waals surface area contributed by atoms with E-state index in [0.717, 1.165) is 4.57 Å². The van der Waals surface area contributed by atoms with Crippen molar-refractivity contribution in [2.75, 3.05) is 6.61 Å². The van der Waals surface area contributed by atoms with Crippen LogP contribution in [-0.2, 0) is 4.74 Å². The molecule has 118 valence electrons. The predicted octanol–water partition coefficient (Wildman–Crippen LogP) is 4.22. The van der Waals surface area contributed by atoms with Crippen LogP contribution < -0.4 is 0 Å². The summed E-state index contributed by atoms with van der Waals surface area (Å²) in [5.74, 6) is -4.99. The van der Waals surface area contributed by atoms with Crippen molar-refractivity contribution in [3.8, 4) is 5.69 Å². The number of ether oxygens (including phenoxy) is 1. The summed E-state index contributed by atoms with van der Waals surface area (Å²) in [5, 5.41) is 0.579. The Kier molecular flexibility index (Phi) is 3.49. The first-order chi connectivity index (χ1) is 11.5. The zero-order valence-electron chi connectivity index (χ0n) is 13.1. The fourth-order valence-corrected chi connectivity index (χ4v) is 2.42. The molecule has 1 aromatic heterocycles. The Labute approximate surface area is 131 Å². The van der Waals surface area contributed by atoms with Crippen molar-refractivity contribution in [1.29, 1.82) is 0 Å². The van der Waals surface area contributed by atoms with Crippen molar-refractivity contribution in [3.05, 3.63) is 65.6 Å². The molecule has 3 aromatic rings. The number of nitrogens with zero attached hydrogens (tertiary/aromatic N) is 1. The van der Waals surface area contributed by atoms with Gasteiger partial charge in [-0.25, -0.2) is 18.0 Å². The molecule has 3 nitrogen and oxygen atoms in total. The van der Waals surface area contributed by atoms with Gasteiger partial charge in [-0.05, 0) is 19.1 Å². The van der Waals surface area contributed by atoms with E-state index in [0.29, 0.717) is 17.0 Å². The second kappa shape index (κ2) is 5.79. The number of aromatic nitrogens is 1. The van der Waals surface area contributed by atoms with E-state index in [1.165, 1.54) is 6.07 Å². The van der Waals surface area contributed by atoms with Crippen LogP contribution in [0.15, 0.2) is 42.4 Å². The van der Waals surface area contributed by atoms with Crippen LogP contribution in [-0.4, -0.2) is 17.1 Å². The molecule has 0 aliphatic rings. The normalized spacial score (nSPS) is 11.6. The number of halogens is 3. The predicted molar refractivity (Wildman–Crippen MR) is 79.1 cm³/mol. The van der Waals surface area contributed by atoms with E-state index >= 15 is 0 Å². The fraction of sp³-hybridized carbons (Fsp3) is 0.118. The average Bonchev–Trinajstić information content (AvgIpc) is 2.96. The molecular weight excluding hydrogens is 307 g/mol. The second-order valence-electron chi connectivity index (χ2n) is 4.77. The Morgan fingerprint density at radius 2 is 2.00 bits per heavy atom. The number of rotatable bonds is 3. The van der Waals surface area contributed by atoms with Crippen molar-refractivity contribution in [2.24, 2.45) is 0 Å². The van der Waals surface area contributed by atoms with Gasteiger partial charge in [0, 0.05) is 17.5 Å². The minimum absolute atomic E-state index is 0.0616. The first-order valence-corrected chi connectivity index (χ1v) is 6.87. The quantitative estimate of drug-likeness (QED) is 0.534. The lowest BCUT2D eigenvalue weighted by atomic mass is 10.2. The molecule has 1 heterocycles. The van der Waals surface area contributed by atoms with Gasteiger partial charge in [0.1, 0.15) is 11.5 Å². The molecule has 0 saturated heterocycles. The van der Waals surface area contributed by atoms with Gasteiger partial charge >= 0.3 is 5.97 Å². The highest BCUT2D eigenvalue weighted by molar-refractivity contribution is 5.97. The van der Waals surface area contributed by atoms with Crippen molar-refractivity contribution in [3.63, 3.8) is 0 Å². The molecular formula is C17H12F3NO2. The van der Waals surface area contributed by atoms with E-state index in [2.05, 4.69) is 0 Å². The Morgan fingerprint density at radius 1 is 1.26 bits per heavy atom. The van der Waals surface area contributed by atoms with Crippen molar-refractivity contribution in [1.82, 2.24) is 4.57 Å². The van der Waals surface area contributed by atoms with Crippen LogP contribution in [0.4, 0.5) is 13.2 Å². The average molecular weight is 320 g/mol. The molecule has 0 unspecified atom stereocenters. The summed E-state index contributed by atoms with van der Waals surface area (Å²) in [7, 11) is 0. The molecule has 0 aliphatic heterocycles. The van der Waals surface area contributed by atoms with Gasteiger partial charge in [0.05, 0.1) is 19.2 Å². The summed E-state index contributed by atoms with van der Waals surface area (Å²) < 4.78 is 55.1. The van der Waals surface area contributed by atoms with Gasteiger partial charge < -0.3 is 9.30 Å². The van der Waals surface area contributed by atoms with Crippen LogP contribution in [0.2, 0.25) is 0 Å². The van der Waals surface area contributed by atoms with E-state index in [1.807, 2.05) is 0 Å². The first-order valence-electron chi connectivity index (χ1n) is 7.37. The number of fused-ring (bicyclic) bond motifs is 1. The zero-order chi connectivity index (χ0) is 17.4. The minimum Gasteiger partial charge on any atom is -0.461 e. The molecule has 0 amide bonds. The van der Waals surface area contributed by atoms with Crippen LogP contribution >= 0.6 is 0 Å². The number of esters is 1. The monoisotopic (exact) mass is 320 g/mol. The fourth-order valence-electron chi connectivity index (χ4n) is 2.42. The molecule has 0 fully saturated rings. The maximum atomic E-state index is 14.3. The van der Waals surface area contributed by atoms with Crippen LogP contribution in [0.5, 0.6) is 0 Å². The largest absolute Gasteiger partial charge is 0.461 e.